The Labute approximate surface area is 104 Å². The van der Waals surface area contributed by atoms with E-state index in [0.29, 0.717) is 12.0 Å². The number of carbonyl (C=O) groups is 1. The van der Waals surface area contributed by atoms with Crippen LogP contribution in [0.1, 0.15) is 13.3 Å². The molecule has 0 aliphatic carbocycles. The Morgan fingerprint density at radius 2 is 2.24 bits per heavy atom. The molecule has 2 heterocycles. The van der Waals surface area contributed by atoms with E-state index in [2.05, 4.69) is 22.5 Å². The number of likely N-dealkylation sites (tertiary alicyclic amines) is 1. The van der Waals surface area contributed by atoms with Crippen LogP contribution in [0.25, 0.3) is 0 Å². The zero-order chi connectivity index (χ0) is 12.3. The van der Waals surface area contributed by atoms with Gasteiger partial charge in [0, 0.05) is 38.8 Å². The molecule has 2 N–H and O–H groups in total. The number of piperidine rings is 1. The highest BCUT2D eigenvalue weighted by molar-refractivity contribution is 5.76. The van der Waals surface area contributed by atoms with Crippen LogP contribution in [0, 0.1) is 5.92 Å². The molecule has 0 saturated carbocycles. The lowest BCUT2D eigenvalue weighted by molar-refractivity contribution is 0.139. The third-order valence-corrected chi connectivity index (χ3v) is 3.99. The van der Waals surface area contributed by atoms with Crippen LogP contribution in [0.15, 0.2) is 0 Å². The predicted octanol–water partition coefficient (Wildman–Crippen LogP) is -0.0586. The van der Waals surface area contributed by atoms with Gasteiger partial charge in [0.05, 0.1) is 0 Å². The van der Waals surface area contributed by atoms with E-state index in [-0.39, 0.29) is 6.03 Å². The molecule has 2 aliphatic rings. The quantitative estimate of drug-likeness (QED) is 0.724. The second kappa shape index (κ2) is 5.69. The van der Waals surface area contributed by atoms with E-state index in [1.165, 1.54) is 6.42 Å². The van der Waals surface area contributed by atoms with Crippen molar-refractivity contribution in [2.45, 2.75) is 19.4 Å². The summed E-state index contributed by atoms with van der Waals surface area (Å²) < 4.78 is 0. The molecular weight excluding hydrogens is 216 g/mol. The number of hydrogen-bond acceptors (Lipinski definition) is 3. The van der Waals surface area contributed by atoms with Gasteiger partial charge in [0.1, 0.15) is 0 Å². The first kappa shape index (κ1) is 12.6. The topological polar surface area (TPSA) is 47.6 Å². The first-order valence-electron chi connectivity index (χ1n) is 6.63. The monoisotopic (exact) mass is 240 g/mol. The van der Waals surface area contributed by atoms with Crippen LogP contribution in [0.2, 0.25) is 0 Å². The molecule has 2 fully saturated rings. The number of nitrogens with zero attached hydrogens (tertiary/aromatic N) is 2. The van der Waals surface area contributed by atoms with Crippen molar-refractivity contribution in [1.29, 1.82) is 0 Å². The summed E-state index contributed by atoms with van der Waals surface area (Å²) in [5, 5.41) is 6.22. The molecule has 0 spiro atoms. The lowest BCUT2D eigenvalue weighted by atomic mass is 9.94. The second-order valence-corrected chi connectivity index (χ2v) is 5.18. The summed E-state index contributed by atoms with van der Waals surface area (Å²) in [6.45, 7) is 8.12. The van der Waals surface area contributed by atoms with Gasteiger partial charge >= 0.3 is 6.03 Å². The molecule has 0 aromatic heterocycles. The van der Waals surface area contributed by atoms with E-state index in [0.717, 1.165) is 39.3 Å². The maximum atomic E-state index is 11.4. The third-order valence-electron chi connectivity index (χ3n) is 3.99. The first-order chi connectivity index (χ1) is 8.20. The molecule has 2 atom stereocenters. The Balaban J connectivity index is 1.72. The van der Waals surface area contributed by atoms with Crippen molar-refractivity contribution >= 4 is 6.03 Å². The van der Waals surface area contributed by atoms with Gasteiger partial charge in [-0.25, -0.2) is 4.79 Å². The van der Waals surface area contributed by atoms with Crippen molar-refractivity contribution in [1.82, 2.24) is 20.4 Å². The number of nitrogens with one attached hydrogen (secondary N) is 2. The molecule has 2 saturated heterocycles. The molecule has 2 aliphatic heterocycles. The zero-order valence-electron chi connectivity index (χ0n) is 10.9. The fourth-order valence-electron chi connectivity index (χ4n) is 2.85. The van der Waals surface area contributed by atoms with Gasteiger partial charge < -0.3 is 20.4 Å². The predicted molar refractivity (Wildman–Crippen MR) is 68.0 cm³/mol. The SMILES string of the molecule is CNC1CCN(CCN2CCNC2=O)CC1C. The second-order valence-electron chi connectivity index (χ2n) is 5.18. The van der Waals surface area contributed by atoms with E-state index < -0.39 is 0 Å². The standard InChI is InChI=1S/C12H24N4O/c1-10-9-15(5-3-11(10)13-2)7-8-16-6-4-14-12(16)17/h10-11,13H,3-9H2,1-2H3,(H,14,17). The fraction of sp³-hybridized carbons (Fsp3) is 0.917. The summed E-state index contributed by atoms with van der Waals surface area (Å²) >= 11 is 0. The Kier molecular flexibility index (Phi) is 4.23. The molecule has 5 heteroatoms. The van der Waals surface area contributed by atoms with Gasteiger partial charge in [-0.1, -0.05) is 6.92 Å². The van der Waals surface area contributed by atoms with Gasteiger partial charge in [-0.3, -0.25) is 0 Å². The molecule has 98 valence electrons. The molecule has 5 nitrogen and oxygen atoms in total. The highest BCUT2D eigenvalue weighted by Gasteiger charge is 2.26. The number of rotatable bonds is 4. The van der Waals surface area contributed by atoms with Crippen molar-refractivity contribution < 1.29 is 4.79 Å². The first-order valence-corrected chi connectivity index (χ1v) is 6.63. The van der Waals surface area contributed by atoms with Crippen LogP contribution < -0.4 is 10.6 Å². The summed E-state index contributed by atoms with van der Waals surface area (Å²) in [6.07, 6.45) is 1.21. The third kappa shape index (κ3) is 3.10. The minimum absolute atomic E-state index is 0.100. The van der Waals surface area contributed by atoms with Crippen LogP contribution in [0.4, 0.5) is 4.79 Å². The Morgan fingerprint density at radius 1 is 1.41 bits per heavy atom. The summed E-state index contributed by atoms with van der Waals surface area (Å²) in [6, 6.07) is 0.754. The zero-order valence-corrected chi connectivity index (χ0v) is 10.9. The molecule has 0 aromatic carbocycles. The molecule has 2 unspecified atom stereocenters. The molecule has 17 heavy (non-hydrogen) atoms. The van der Waals surface area contributed by atoms with Crippen molar-refractivity contribution in [2.24, 2.45) is 5.92 Å². The van der Waals surface area contributed by atoms with Crippen LogP contribution in [0.5, 0.6) is 0 Å². The van der Waals surface area contributed by atoms with Gasteiger partial charge in [0.15, 0.2) is 0 Å². The average Bonchev–Trinajstić information content (AvgIpc) is 2.72. The molecule has 0 aromatic rings. The fourth-order valence-corrected chi connectivity index (χ4v) is 2.85. The highest BCUT2D eigenvalue weighted by atomic mass is 16.2. The summed E-state index contributed by atoms with van der Waals surface area (Å²) in [5.41, 5.74) is 0. The Hall–Kier alpha value is -0.810. The van der Waals surface area contributed by atoms with E-state index in [4.69, 9.17) is 0 Å². The van der Waals surface area contributed by atoms with E-state index in [1.807, 2.05) is 11.9 Å². The van der Waals surface area contributed by atoms with Crippen LogP contribution in [0.3, 0.4) is 0 Å². The number of carbonyl (C=O) groups excluding carboxylic acids is 1. The smallest absolute Gasteiger partial charge is 0.317 e. The Morgan fingerprint density at radius 3 is 2.82 bits per heavy atom. The average molecular weight is 240 g/mol. The molecule has 0 radical (unpaired) electrons. The van der Waals surface area contributed by atoms with E-state index in [9.17, 15) is 4.79 Å². The molecule has 2 rings (SSSR count). The highest BCUT2D eigenvalue weighted by Crippen LogP contribution is 2.16. The normalized spacial score (nSPS) is 30.7. The van der Waals surface area contributed by atoms with Crippen LogP contribution in [-0.2, 0) is 0 Å². The lowest BCUT2D eigenvalue weighted by Crippen LogP contribution is -2.49. The van der Waals surface area contributed by atoms with Crippen LogP contribution in [-0.4, -0.2) is 68.2 Å². The van der Waals surface area contributed by atoms with Crippen LogP contribution >= 0.6 is 0 Å². The lowest BCUT2D eigenvalue weighted by Gasteiger charge is -2.37. The number of amides is 2. The van der Waals surface area contributed by atoms with Crippen molar-refractivity contribution in [3.63, 3.8) is 0 Å². The van der Waals surface area contributed by atoms with E-state index >= 15 is 0 Å². The minimum Gasteiger partial charge on any atom is -0.336 e. The van der Waals surface area contributed by atoms with Crippen molar-refractivity contribution in [3.05, 3.63) is 0 Å². The molecule has 2 amide bonds. The van der Waals surface area contributed by atoms with Gasteiger partial charge in [0.2, 0.25) is 0 Å². The number of urea groups is 1. The minimum atomic E-state index is 0.100. The van der Waals surface area contributed by atoms with Gasteiger partial charge in [-0.15, -0.1) is 0 Å². The molecule has 0 bridgehead atoms. The van der Waals surface area contributed by atoms with E-state index in [1.54, 1.807) is 0 Å². The Bertz CT molecular complexity index is 271. The summed E-state index contributed by atoms with van der Waals surface area (Å²) in [5.74, 6) is 0.696. The largest absolute Gasteiger partial charge is 0.336 e. The summed E-state index contributed by atoms with van der Waals surface area (Å²) in [4.78, 5) is 15.8. The van der Waals surface area contributed by atoms with Gasteiger partial charge in [-0.05, 0) is 25.9 Å². The van der Waals surface area contributed by atoms with Gasteiger partial charge in [-0.2, -0.15) is 0 Å². The van der Waals surface area contributed by atoms with Gasteiger partial charge in [0.25, 0.3) is 0 Å². The maximum absolute atomic E-state index is 11.4. The van der Waals surface area contributed by atoms with Crippen molar-refractivity contribution in [2.75, 3.05) is 46.3 Å². The molecular formula is C12H24N4O. The van der Waals surface area contributed by atoms with Crippen molar-refractivity contribution in [3.8, 4) is 0 Å². The number of hydrogen-bond donors (Lipinski definition) is 2. The maximum Gasteiger partial charge on any atom is 0.317 e. The summed E-state index contributed by atoms with van der Waals surface area (Å²) in [7, 11) is 2.05.